The zero-order valence-corrected chi connectivity index (χ0v) is 19.2. The fourth-order valence-electron chi connectivity index (χ4n) is 3.68. The van der Waals surface area contributed by atoms with E-state index in [1.807, 2.05) is 71.9 Å². The molecule has 1 unspecified atom stereocenters. The molecule has 5 nitrogen and oxygen atoms in total. The van der Waals surface area contributed by atoms with E-state index in [0.29, 0.717) is 13.0 Å². The predicted octanol–water partition coefficient (Wildman–Crippen LogP) is 5.90. The third-order valence-corrected chi connectivity index (χ3v) is 6.51. The van der Waals surface area contributed by atoms with Gasteiger partial charge in [0.2, 0.25) is 6.41 Å². The number of benzene rings is 1. The van der Waals surface area contributed by atoms with Crippen molar-refractivity contribution in [2.75, 3.05) is 6.54 Å². The summed E-state index contributed by atoms with van der Waals surface area (Å²) in [4.78, 5) is 14.4. The van der Waals surface area contributed by atoms with E-state index in [1.165, 1.54) is 4.90 Å². The normalized spacial score (nSPS) is 13.2. The number of hydrogen-bond acceptors (Lipinski definition) is 4. The van der Waals surface area contributed by atoms with Crippen LogP contribution in [0.2, 0.25) is 0 Å². The Labute approximate surface area is 177 Å². The van der Waals surface area contributed by atoms with Gasteiger partial charge >= 0.3 is 6.09 Å². The Morgan fingerprint density at radius 3 is 1.83 bits per heavy atom. The van der Waals surface area contributed by atoms with E-state index in [0.717, 1.165) is 44.1 Å². The molecule has 0 bridgehead atoms. The maximum absolute atomic E-state index is 13.1. The summed E-state index contributed by atoms with van der Waals surface area (Å²) in [5.74, 6) is 0. The monoisotopic (exact) mass is 407 g/mol. The minimum atomic E-state index is -1.34. The number of aliphatic hydroxyl groups is 1. The number of carbonyl (C=O) groups is 1. The van der Waals surface area contributed by atoms with Gasteiger partial charge in [-0.3, -0.25) is 4.90 Å². The van der Waals surface area contributed by atoms with Gasteiger partial charge < -0.3 is 14.6 Å². The number of nitrogens with zero attached hydrogens (tertiary/aromatic N) is 1. The Kier molecular flexibility index (Phi) is 10.7. The van der Waals surface area contributed by atoms with Crippen LogP contribution in [-0.2, 0) is 15.9 Å². The fraction of sp³-hybridized carbons (Fsp3) is 0.708. The molecule has 166 valence electrons. The van der Waals surface area contributed by atoms with Crippen LogP contribution in [0.5, 0.6) is 0 Å². The zero-order valence-electron chi connectivity index (χ0n) is 19.2. The van der Waals surface area contributed by atoms with Crippen molar-refractivity contribution in [1.82, 2.24) is 4.90 Å². The highest BCUT2D eigenvalue weighted by Crippen LogP contribution is 2.29. The van der Waals surface area contributed by atoms with Crippen molar-refractivity contribution in [1.29, 1.82) is 0 Å². The van der Waals surface area contributed by atoms with E-state index in [-0.39, 0.29) is 0 Å². The van der Waals surface area contributed by atoms with E-state index in [9.17, 15) is 9.90 Å². The number of amides is 1. The summed E-state index contributed by atoms with van der Waals surface area (Å²) in [7, 11) is 0. The average molecular weight is 408 g/mol. The average Bonchev–Trinajstić information content (AvgIpc) is 2.77. The summed E-state index contributed by atoms with van der Waals surface area (Å²) in [6.07, 6.45) is 3.26. The molecule has 1 aromatic rings. The standard InChI is InChI=1S/C24H41NO4/c1-7-23(8-2,9-3)28-21(26)25(19-18-20-16-14-13-15-17-20)22(27)29-24(10-4,11-5)12-6/h13-17,21,26H,7-12,18-19H2,1-6H3. The van der Waals surface area contributed by atoms with Gasteiger partial charge in [-0.2, -0.15) is 0 Å². The second-order valence-electron chi connectivity index (χ2n) is 7.73. The first-order chi connectivity index (χ1) is 13.8. The molecule has 1 rings (SSSR count). The first-order valence-electron chi connectivity index (χ1n) is 11.2. The summed E-state index contributed by atoms with van der Waals surface area (Å²) in [5, 5.41) is 10.9. The molecular weight excluding hydrogens is 366 g/mol. The number of rotatable bonds is 13. The highest BCUT2D eigenvalue weighted by Gasteiger charge is 2.36. The van der Waals surface area contributed by atoms with Crippen molar-refractivity contribution in [2.24, 2.45) is 0 Å². The number of ether oxygens (including phenoxy) is 2. The third-order valence-electron chi connectivity index (χ3n) is 6.51. The molecule has 1 amide bonds. The van der Waals surface area contributed by atoms with Crippen molar-refractivity contribution < 1.29 is 19.4 Å². The summed E-state index contributed by atoms with van der Waals surface area (Å²) in [5.41, 5.74) is 0.124. The lowest BCUT2D eigenvalue weighted by atomic mass is 9.94. The highest BCUT2D eigenvalue weighted by atomic mass is 16.7. The molecule has 0 heterocycles. The molecule has 0 saturated heterocycles. The molecule has 5 heteroatoms. The van der Waals surface area contributed by atoms with Crippen molar-refractivity contribution in [3.8, 4) is 0 Å². The van der Waals surface area contributed by atoms with Crippen LogP contribution in [0.4, 0.5) is 4.79 Å². The lowest BCUT2D eigenvalue weighted by molar-refractivity contribution is -0.247. The second-order valence-corrected chi connectivity index (χ2v) is 7.73. The minimum absolute atomic E-state index is 0.324. The molecule has 1 atom stereocenters. The molecule has 1 aromatic carbocycles. The molecule has 0 aliphatic carbocycles. The van der Waals surface area contributed by atoms with Gasteiger partial charge in [0.1, 0.15) is 5.60 Å². The van der Waals surface area contributed by atoms with Gasteiger partial charge in [0.25, 0.3) is 0 Å². The lowest BCUT2D eigenvalue weighted by Gasteiger charge is -2.39. The topological polar surface area (TPSA) is 59.0 Å². The van der Waals surface area contributed by atoms with E-state index in [4.69, 9.17) is 9.47 Å². The van der Waals surface area contributed by atoms with E-state index in [1.54, 1.807) is 0 Å². The largest absolute Gasteiger partial charge is 0.443 e. The summed E-state index contributed by atoms with van der Waals surface area (Å²) in [6.45, 7) is 12.5. The van der Waals surface area contributed by atoms with Gasteiger partial charge in [-0.25, -0.2) is 4.79 Å². The Balaban J connectivity index is 3.04. The Morgan fingerprint density at radius 1 is 0.897 bits per heavy atom. The molecule has 0 radical (unpaired) electrons. The molecule has 29 heavy (non-hydrogen) atoms. The van der Waals surface area contributed by atoms with Crippen LogP contribution in [0, 0.1) is 0 Å². The number of carbonyl (C=O) groups excluding carboxylic acids is 1. The molecule has 0 aliphatic heterocycles. The highest BCUT2D eigenvalue weighted by molar-refractivity contribution is 5.68. The maximum atomic E-state index is 13.1. The fourth-order valence-corrected chi connectivity index (χ4v) is 3.68. The van der Waals surface area contributed by atoms with Crippen LogP contribution < -0.4 is 0 Å². The quantitative estimate of drug-likeness (QED) is 0.414. The Hall–Kier alpha value is -1.59. The smallest absolute Gasteiger partial charge is 0.414 e. The summed E-state index contributed by atoms with van der Waals surface area (Å²) < 4.78 is 12.0. The van der Waals surface area contributed by atoms with Crippen molar-refractivity contribution >= 4 is 6.09 Å². The van der Waals surface area contributed by atoms with Gasteiger partial charge in [-0.15, -0.1) is 0 Å². The van der Waals surface area contributed by atoms with Crippen LogP contribution in [0.1, 0.15) is 85.6 Å². The number of hydrogen-bond donors (Lipinski definition) is 1. The Bertz CT molecular complexity index is 565. The minimum Gasteiger partial charge on any atom is -0.443 e. The lowest BCUT2D eigenvalue weighted by Crippen LogP contribution is -2.50. The third kappa shape index (κ3) is 7.00. The first kappa shape index (κ1) is 25.4. The van der Waals surface area contributed by atoms with Gasteiger partial charge in [0.05, 0.1) is 5.60 Å². The van der Waals surface area contributed by atoms with Crippen LogP contribution >= 0.6 is 0 Å². The van der Waals surface area contributed by atoms with Crippen molar-refractivity contribution in [2.45, 2.75) is 104 Å². The molecule has 0 spiro atoms. The van der Waals surface area contributed by atoms with Crippen molar-refractivity contribution in [3.05, 3.63) is 35.9 Å². The van der Waals surface area contributed by atoms with Gasteiger partial charge in [0, 0.05) is 6.54 Å². The molecule has 0 saturated carbocycles. The van der Waals surface area contributed by atoms with Crippen LogP contribution in [0.3, 0.4) is 0 Å². The van der Waals surface area contributed by atoms with E-state index in [2.05, 4.69) is 0 Å². The second kappa shape index (κ2) is 12.2. The Morgan fingerprint density at radius 2 is 1.38 bits per heavy atom. The molecule has 1 N–H and O–H groups in total. The molecular formula is C24H41NO4. The van der Waals surface area contributed by atoms with Gasteiger partial charge in [-0.1, -0.05) is 71.9 Å². The predicted molar refractivity (Wildman–Crippen MR) is 118 cm³/mol. The SMILES string of the molecule is CCC(CC)(CC)OC(=O)N(CCc1ccccc1)C(O)OC(CC)(CC)CC. The van der Waals surface area contributed by atoms with Crippen molar-refractivity contribution in [3.63, 3.8) is 0 Å². The zero-order chi connectivity index (χ0) is 21.9. The summed E-state index contributed by atoms with van der Waals surface area (Å²) in [6, 6.07) is 9.93. The first-order valence-corrected chi connectivity index (χ1v) is 11.2. The molecule has 0 aromatic heterocycles. The molecule has 0 aliphatic rings. The van der Waals surface area contributed by atoms with E-state index < -0.39 is 23.7 Å². The van der Waals surface area contributed by atoms with Crippen LogP contribution in [-0.4, -0.2) is 40.3 Å². The maximum Gasteiger partial charge on any atom is 0.414 e. The van der Waals surface area contributed by atoms with E-state index >= 15 is 0 Å². The van der Waals surface area contributed by atoms with Gasteiger partial charge in [-0.05, 0) is 50.5 Å². The van der Waals surface area contributed by atoms with Crippen LogP contribution in [0.25, 0.3) is 0 Å². The molecule has 0 fully saturated rings. The summed E-state index contributed by atoms with van der Waals surface area (Å²) >= 11 is 0. The van der Waals surface area contributed by atoms with Crippen LogP contribution in [0.15, 0.2) is 30.3 Å². The van der Waals surface area contributed by atoms with Gasteiger partial charge in [0.15, 0.2) is 0 Å². The number of aliphatic hydroxyl groups excluding tert-OH is 1.